The number of carbonyl (C=O) groups is 1. The molecule has 23 heavy (non-hydrogen) atoms. The van der Waals surface area contributed by atoms with Crippen molar-refractivity contribution in [3.8, 4) is 0 Å². The third-order valence-electron chi connectivity index (χ3n) is 2.93. The Labute approximate surface area is 135 Å². The average molecular weight is 334 g/mol. The maximum Gasteiger partial charge on any atom is 0.233 e. The topological polar surface area (TPSA) is 88.4 Å². The number of hydrogen-bond acceptors (Lipinski definition) is 4. The zero-order valence-corrected chi connectivity index (χ0v) is 13.3. The summed E-state index contributed by atoms with van der Waals surface area (Å²) in [5.74, 6) is 0.390. The molecule has 0 fully saturated rings. The average Bonchev–Trinajstić information content (AvgIpc) is 3.05. The Morgan fingerprint density at radius 3 is 2.61 bits per heavy atom. The monoisotopic (exact) mass is 334 g/mol. The number of nitrogens with one attached hydrogen (secondary N) is 2. The highest BCUT2D eigenvalue weighted by Crippen LogP contribution is 2.03. The first-order valence-electron chi connectivity index (χ1n) is 7.07. The fourth-order valence-corrected chi connectivity index (χ4v) is 2.59. The van der Waals surface area contributed by atoms with Crippen molar-refractivity contribution in [2.24, 2.45) is 0 Å². The molecule has 1 amide bonds. The van der Waals surface area contributed by atoms with Crippen molar-refractivity contribution in [3.63, 3.8) is 0 Å². The van der Waals surface area contributed by atoms with Crippen molar-refractivity contribution in [2.75, 3.05) is 6.54 Å². The lowest BCUT2D eigenvalue weighted by Gasteiger charge is -2.04. The molecule has 0 saturated heterocycles. The number of amides is 1. The van der Waals surface area contributed by atoms with E-state index in [1.807, 2.05) is 18.2 Å². The lowest BCUT2D eigenvalue weighted by Crippen LogP contribution is -2.29. The fraction of sp³-hybridized carbons (Fsp3) is 0.188. The molecule has 2 rings (SSSR count). The Bertz CT molecular complexity index is 738. The zero-order valence-electron chi connectivity index (χ0n) is 12.4. The van der Waals surface area contributed by atoms with Gasteiger partial charge in [0.15, 0.2) is 0 Å². The first kappa shape index (κ1) is 17.0. The van der Waals surface area contributed by atoms with Crippen LogP contribution in [0.2, 0.25) is 0 Å². The van der Waals surface area contributed by atoms with Crippen LogP contribution >= 0.6 is 0 Å². The van der Waals surface area contributed by atoms with Gasteiger partial charge in [0.1, 0.15) is 5.76 Å². The van der Waals surface area contributed by atoms with Gasteiger partial charge in [-0.25, -0.2) is 13.1 Å². The molecule has 7 heteroatoms. The van der Waals surface area contributed by atoms with Gasteiger partial charge < -0.3 is 9.73 Å². The van der Waals surface area contributed by atoms with E-state index < -0.39 is 10.0 Å². The molecule has 0 bridgehead atoms. The van der Waals surface area contributed by atoms with Crippen molar-refractivity contribution in [3.05, 3.63) is 65.5 Å². The Kier molecular flexibility index (Phi) is 6.13. The van der Waals surface area contributed by atoms with Crippen LogP contribution in [0.5, 0.6) is 0 Å². The normalized spacial score (nSPS) is 11.7. The highest BCUT2D eigenvalue weighted by molar-refractivity contribution is 7.92. The smallest absolute Gasteiger partial charge is 0.233 e. The second-order valence-corrected chi connectivity index (χ2v) is 6.41. The van der Waals surface area contributed by atoms with Crippen LogP contribution in [0, 0.1) is 0 Å². The molecule has 0 atom stereocenters. The summed E-state index contributed by atoms with van der Waals surface area (Å²) in [7, 11) is -3.56. The van der Waals surface area contributed by atoms with Crippen LogP contribution < -0.4 is 10.0 Å². The number of rotatable bonds is 8. The van der Waals surface area contributed by atoms with Gasteiger partial charge in [0.05, 0.1) is 12.8 Å². The summed E-state index contributed by atoms with van der Waals surface area (Å²) >= 11 is 0. The number of furan rings is 1. The summed E-state index contributed by atoms with van der Waals surface area (Å²) in [6, 6.07) is 12.6. The van der Waals surface area contributed by atoms with E-state index in [-0.39, 0.29) is 25.4 Å². The predicted octanol–water partition coefficient (Wildman–Crippen LogP) is 1.88. The molecule has 0 unspecified atom stereocenters. The van der Waals surface area contributed by atoms with E-state index in [2.05, 4.69) is 10.0 Å². The minimum absolute atomic E-state index is 0.0332. The molecule has 1 heterocycles. The van der Waals surface area contributed by atoms with Gasteiger partial charge >= 0.3 is 0 Å². The molecule has 0 saturated carbocycles. The third kappa shape index (κ3) is 6.50. The molecule has 2 aromatic rings. The van der Waals surface area contributed by atoms with Crippen molar-refractivity contribution >= 4 is 22.0 Å². The minimum atomic E-state index is -3.56. The lowest BCUT2D eigenvalue weighted by molar-refractivity contribution is -0.121. The Morgan fingerprint density at radius 1 is 1.13 bits per heavy atom. The molecule has 1 aromatic heterocycles. The molecular weight excluding hydrogens is 316 g/mol. The van der Waals surface area contributed by atoms with E-state index >= 15 is 0 Å². The number of sulfonamides is 1. The Hall–Kier alpha value is -2.38. The van der Waals surface area contributed by atoms with E-state index in [0.717, 1.165) is 11.0 Å². The largest absolute Gasteiger partial charge is 0.467 e. The maximum absolute atomic E-state index is 11.8. The molecule has 0 aliphatic rings. The van der Waals surface area contributed by atoms with Gasteiger partial charge in [0.2, 0.25) is 15.9 Å². The second-order valence-electron chi connectivity index (χ2n) is 4.76. The SMILES string of the molecule is O=C(CCNS(=O)(=O)/C=C/c1ccccc1)NCc1ccco1. The van der Waals surface area contributed by atoms with Gasteiger partial charge in [-0.05, 0) is 23.8 Å². The maximum atomic E-state index is 11.8. The van der Waals surface area contributed by atoms with Crippen molar-refractivity contribution in [1.82, 2.24) is 10.0 Å². The first-order valence-corrected chi connectivity index (χ1v) is 8.62. The summed E-state index contributed by atoms with van der Waals surface area (Å²) in [5, 5.41) is 3.73. The van der Waals surface area contributed by atoms with Crippen LogP contribution in [0.25, 0.3) is 6.08 Å². The number of benzene rings is 1. The quantitative estimate of drug-likeness (QED) is 0.771. The third-order valence-corrected chi connectivity index (χ3v) is 4.04. The van der Waals surface area contributed by atoms with E-state index in [4.69, 9.17) is 4.42 Å². The van der Waals surface area contributed by atoms with Gasteiger partial charge in [0.25, 0.3) is 0 Å². The standard InChI is InChI=1S/C16H18N2O4S/c19-16(17-13-15-7-4-11-22-15)8-10-18-23(20,21)12-9-14-5-2-1-3-6-14/h1-7,9,11-12,18H,8,10,13H2,(H,17,19)/b12-9+. The summed E-state index contributed by atoms with van der Waals surface area (Å²) in [5.41, 5.74) is 0.786. The minimum Gasteiger partial charge on any atom is -0.467 e. The van der Waals surface area contributed by atoms with Gasteiger partial charge in [-0.3, -0.25) is 4.79 Å². The molecule has 6 nitrogen and oxygen atoms in total. The highest BCUT2D eigenvalue weighted by Gasteiger charge is 2.07. The highest BCUT2D eigenvalue weighted by atomic mass is 32.2. The molecule has 0 radical (unpaired) electrons. The molecule has 0 aliphatic heterocycles. The second kappa shape index (κ2) is 8.30. The molecular formula is C16H18N2O4S. The van der Waals surface area contributed by atoms with Gasteiger partial charge in [-0.15, -0.1) is 0 Å². The molecule has 2 N–H and O–H groups in total. The zero-order chi connectivity index (χ0) is 16.5. The Morgan fingerprint density at radius 2 is 1.91 bits per heavy atom. The van der Waals surface area contributed by atoms with Crippen LogP contribution in [-0.2, 0) is 21.4 Å². The molecule has 122 valence electrons. The van der Waals surface area contributed by atoms with E-state index in [1.54, 1.807) is 24.3 Å². The van der Waals surface area contributed by atoms with Gasteiger partial charge in [-0.1, -0.05) is 30.3 Å². The van der Waals surface area contributed by atoms with Gasteiger partial charge in [-0.2, -0.15) is 0 Å². The van der Waals surface area contributed by atoms with Crippen LogP contribution in [0.4, 0.5) is 0 Å². The van der Waals surface area contributed by atoms with E-state index in [1.165, 1.54) is 12.3 Å². The van der Waals surface area contributed by atoms with Crippen LogP contribution in [0.15, 0.2) is 58.6 Å². The lowest BCUT2D eigenvalue weighted by atomic mass is 10.2. The first-order chi connectivity index (χ1) is 11.1. The van der Waals surface area contributed by atoms with Crippen molar-refractivity contribution in [1.29, 1.82) is 0 Å². The molecule has 0 spiro atoms. The van der Waals surface area contributed by atoms with Crippen LogP contribution in [0.1, 0.15) is 17.7 Å². The fourth-order valence-electron chi connectivity index (χ4n) is 1.77. The van der Waals surface area contributed by atoms with Gasteiger partial charge in [0, 0.05) is 18.4 Å². The van der Waals surface area contributed by atoms with Crippen LogP contribution in [-0.4, -0.2) is 20.9 Å². The predicted molar refractivity (Wildman–Crippen MR) is 87.6 cm³/mol. The van der Waals surface area contributed by atoms with Crippen LogP contribution in [0.3, 0.4) is 0 Å². The van der Waals surface area contributed by atoms with Crippen molar-refractivity contribution < 1.29 is 17.6 Å². The summed E-state index contributed by atoms with van der Waals surface area (Å²) in [4.78, 5) is 11.6. The summed E-state index contributed by atoms with van der Waals surface area (Å²) in [6.45, 7) is 0.317. The summed E-state index contributed by atoms with van der Waals surface area (Å²) in [6.07, 6.45) is 3.08. The summed E-state index contributed by atoms with van der Waals surface area (Å²) < 4.78 is 31.0. The van der Waals surface area contributed by atoms with Crippen molar-refractivity contribution in [2.45, 2.75) is 13.0 Å². The molecule has 0 aliphatic carbocycles. The Balaban J connectivity index is 1.72. The number of carbonyl (C=O) groups excluding carboxylic acids is 1. The van der Waals surface area contributed by atoms with E-state index in [0.29, 0.717) is 5.76 Å². The number of hydrogen-bond donors (Lipinski definition) is 2. The molecule has 1 aromatic carbocycles. The van der Waals surface area contributed by atoms with E-state index in [9.17, 15) is 13.2 Å².